The lowest BCUT2D eigenvalue weighted by Crippen LogP contribution is -2.62. The number of carbonyl (C=O) groups is 2. The lowest BCUT2D eigenvalue weighted by Gasteiger charge is -2.40. The molecule has 7 nitrogen and oxygen atoms in total. The fourth-order valence-electron chi connectivity index (χ4n) is 5.10. The molecule has 2 atom stereocenters. The van der Waals surface area contributed by atoms with Crippen LogP contribution in [0.4, 0.5) is 23.7 Å². The molecule has 4 rings (SSSR count). The summed E-state index contributed by atoms with van der Waals surface area (Å²) in [5, 5.41) is 3.27. The van der Waals surface area contributed by atoms with Crippen molar-refractivity contribution in [1.82, 2.24) is 10.2 Å². The number of nitrogens with one attached hydrogen (secondary N) is 1. The third-order valence-corrected chi connectivity index (χ3v) is 7.26. The van der Waals surface area contributed by atoms with Crippen LogP contribution >= 0.6 is 11.6 Å². The molecule has 2 amide bonds. The van der Waals surface area contributed by atoms with Crippen molar-refractivity contribution >= 4 is 29.3 Å². The number of halogens is 4. The van der Waals surface area contributed by atoms with Crippen LogP contribution in [-0.2, 0) is 22.1 Å². The van der Waals surface area contributed by atoms with Gasteiger partial charge >= 0.3 is 12.3 Å². The molecule has 2 aromatic rings. The monoisotopic (exact) mass is 552 g/mol. The molecule has 38 heavy (non-hydrogen) atoms. The van der Waals surface area contributed by atoms with Gasteiger partial charge in [0.15, 0.2) is 5.54 Å². The van der Waals surface area contributed by atoms with Crippen molar-refractivity contribution in [2.75, 3.05) is 37.7 Å². The first-order valence-electron chi connectivity index (χ1n) is 12.6. The van der Waals surface area contributed by atoms with Crippen LogP contribution in [0.1, 0.15) is 43.0 Å². The molecule has 2 aromatic carbocycles. The van der Waals surface area contributed by atoms with Gasteiger partial charge in [0.1, 0.15) is 6.61 Å². The Hall–Kier alpha value is -2.98. The summed E-state index contributed by atoms with van der Waals surface area (Å²) in [5.74, 6) is -0.0513. The minimum atomic E-state index is -4.47. The Morgan fingerprint density at radius 2 is 1.79 bits per heavy atom. The lowest BCUT2D eigenvalue weighted by molar-refractivity contribution is -0.138. The summed E-state index contributed by atoms with van der Waals surface area (Å²) in [6.07, 6.45) is -4.34. The summed E-state index contributed by atoms with van der Waals surface area (Å²) in [5.41, 5.74) is 6.30. The molecule has 1 unspecified atom stereocenters. The largest absolute Gasteiger partial charge is 0.446 e. The number of hydrogen-bond acceptors (Lipinski definition) is 5. The number of cyclic esters (lactones) is 1. The molecule has 0 saturated carbocycles. The highest BCUT2D eigenvalue weighted by Gasteiger charge is 2.49. The highest BCUT2D eigenvalue weighted by Crippen LogP contribution is 2.37. The zero-order chi connectivity index (χ0) is 27.7. The second kappa shape index (κ2) is 11.0. The number of alkyl halides is 3. The smallest absolute Gasteiger partial charge is 0.416 e. The molecule has 2 fully saturated rings. The van der Waals surface area contributed by atoms with E-state index in [1.807, 2.05) is 18.7 Å². The molecule has 0 spiro atoms. The van der Waals surface area contributed by atoms with E-state index in [0.29, 0.717) is 48.9 Å². The van der Waals surface area contributed by atoms with Crippen molar-refractivity contribution in [2.24, 2.45) is 11.7 Å². The van der Waals surface area contributed by atoms with Gasteiger partial charge in [0, 0.05) is 49.4 Å². The van der Waals surface area contributed by atoms with Gasteiger partial charge in [0.25, 0.3) is 5.91 Å². The number of nitrogens with zero attached hydrogens (tertiary/aromatic N) is 2. The molecule has 0 aromatic heterocycles. The molecule has 2 heterocycles. The zero-order valence-corrected chi connectivity index (χ0v) is 22.1. The Kier molecular flexibility index (Phi) is 8.13. The van der Waals surface area contributed by atoms with E-state index in [1.165, 1.54) is 6.07 Å². The summed E-state index contributed by atoms with van der Waals surface area (Å²) >= 11 is 5.98. The second-order valence-electron chi connectivity index (χ2n) is 10.4. The molecule has 206 valence electrons. The van der Waals surface area contributed by atoms with Gasteiger partial charge in [-0.25, -0.2) is 4.79 Å². The second-order valence-corrected chi connectivity index (χ2v) is 10.8. The molecule has 2 saturated heterocycles. The van der Waals surface area contributed by atoms with Crippen LogP contribution < -0.4 is 16.0 Å². The summed E-state index contributed by atoms with van der Waals surface area (Å²) < 4.78 is 45.5. The number of anilines is 1. The number of carbonyl (C=O) groups excluding carboxylic acids is 2. The topological polar surface area (TPSA) is 87.9 Å². The predicted octanol–water partition coefficient (Wildman–Crippen LogP) is 4.77. The summed E-state index contributed by atoms with van der Waals surface area (Å²) in [6.45, 7) is 5.33. The number of ether oxygens (including phenoxy) is 1. The van der Waals surface area contributed by atoms with E-state index >= 15 is 0 Å². The van der Waals surface area contributed by atoms with Crippen molar-refractivity contribution in [3.63, 3.8) is 0 Å². The minimum absolute atomic E-state index is 0.0966. The highest BCUT2D eigenvalue weighted by molar-refractivity contribution is 6.30. The van der Waals surface area contributed by atoms with Gasteiger partial charge in [-0.3, -0.25) is 4.79 Å². The highest BCUT2D eigenvalue weighted by atomic mass is 35.5. The fraction of sp³-hybridized carbons (Fsp3) is 0.481. The average molecular weight is 553 g/mol. The Labute approximate surface area is 225 Å². The quantitative estimate of drug-likeness (QED) is 0.516. The third kappa shape index (κ3) is 6.18. The van der Waals surface area contributed by atoms with Crippen molar-refractivity contribution in [3.8, 4) is 0 Å². The van der Waals surface area contributed by atoms with Gasteiger partial charge < -0.3 is 25.6 Å². The Morgan fingerprint density at radius 1 is 1.13 bits per heavy atom. The summed E-state index contributed by atoms with van der Waals surface area (Å²) in [4.78, 5) is 29.3. The number of amides is 2. The Morgan fingerprint density at radius 3 is 2.34 bits per heavy atom. The maximum atomic E-state index is 13.7. The molecular weight excluding hydrogens is 521 g/mol. The molecule has 0 bridgehead atoms. The Balaban J connectivity index is 1.52. The van der Waals surface area contributed by atoms with Gasteiger partial charge in [-0.1, -0.05) is 37.6 Å². The Bertz CT molecular complexity index is 1170. The first-order chi connectivity index (χ1) is 17.9. The molecule has 11 heteroatoms. The lowest BCUT2D eigenvalue weighted by atomic mass is 9.90. The van der Waals surface area contributed by atoms with Gasteiger partial charge in [0.05, 0.1) is 5.56 Å². The number of rotatable bonds is 7. The van der Waals surface area contributed by atoms with Gasteiger partial charge in [0.2, 0.25) is 0 Å². The molecule has 2 aliphatic heterocycles. The molecule has 0 radical (unpaired) electrons. The summed E-state index contributed by atoms with van der Waals surface area (Å²) in [7, 11) is 0. The third-order valence-electron chi connectivity index (χ3n) is 7.01. The number of alkyl carbamates (subject to hydrolysis) is 1. The van der Waals surface area contributed by atoms with Crippen LogP contribution in [0.5, 0.6) is 0 Å². The van der Waals surface area contributed by atoms with Crippen LogP contribution in [-0.4, -0.2) is 55.2 Å². The first-order valence-corrected chi connectivity index (χ1v) is 13.0. The standard InChI is InChI=1S/C27H32ClF3N4O3/c1-17(2)13-22(32)21-14-19(27(29,30)31)5-8-23(21)34-9-11-35(12-10-34)24(36)26(16-38-25(37)33-26)15-18-3-6-20(28)7-4-18/h3-8,14,17,22H,9-13,15-16,32H2,1-2H3,(H,33,37)/t22-,26?/m0/s1. The van der Waals surface area contributed by atoms with Crippen LogP contribution in [0.3, 0.4) is 0 Å². The maximum absolute atomic E-state index is 13.7. The first kappa shape index (κ1) is 28.0. The van der Waals surface area contributed by atoms with Crippen LogP contribution in [0.15, 0.2) is 42.5 Å². The van der Waals surface area contributed by atoms with E-state index in [4.69, 9.17) is 22.1 Å². The molecule has 3 N–H and O–H groups in total. The van der Waals surface area contributed by atoms with Crippen molar-refractivity contribution in [1.29, 1.82) is 0 Å². The van der Waals surface area contributed by atoms with Gasteiger partial charge in [-0.15, -0.1) is 0 Å². The van der Waals surface area contributed by atoms with E-state index in [1.54, 1.807) is 29.2 Å². The SMILES string of the molecule is CC(C)C[C@H](N)c1cc(C(F)(F)F)ccc1N1CCN(C(=O)C2(Cc3ccc(Cl)cc3)COC(=O)N2)CC1. The van der Waals surface area contributed by atoms with E-state index in [2.05, 4.69) is 5.32 Å². The van der Waals surface area contributed by atoms with E-state index in [-0.39, 0.29) is 24.9 Å². The van der Waals surface area contributed by atoms with E-state index < -0.39 is 29.4 Å². The van der Waals surface area contributed by atoms with Crippen molar-refractivity contribution < 1.29 is 27.5 Å². The fourth-order valence-corrected chi connectivity index (χ4v) is 5.22. The van der Waals surface area contributed by atoms with Crippen LogP contribution in [0.2, 0.25) is 5.02 Å². The molecule has 0 aliphatic carbocycles. The minimum Gasteiger partial charge on any atom is -0.446 e. The van der Waals surface area contributed by atoms with Crippen LogP contribution in [0.25, 0.3) is 0 Å². The zero-order valence-electron chi connectivity index (χ0n) is 21.4. The number of benzene rings is 2. The number of nitrogens with two attached hydrogens (primary N) is 1. The van der Waals surface area contributed by atoms with E-state index in [0.717, 1.165) is 17.7 Å². The maximum Gasteiger partial charge on any atom is 0.416 e. The average Bonchev–Trinajstić information content (AvgIpc) is 3.25. The van der Waals surface area contributed by atoms with Gasteiger partial charge in [-0.05, 0) is 53.8 Å². The number of piperazine rings is 1. The van der Waals surface area contributed by atoms with Crippen molar-refractivity contribution in [3.05, 3.63) is 64.2 Å². The summed E-state index contributed by atoms with van der Waals surface area (Å²) in [6, 6.07) is 10.2. The normalized spacial score (nSPS) is 20.9. The number of hydrogen-bond donors (Lipinski definition) is 2. The molecule has 2 aliphatic rings. The van der Waals surface area contributed by atoms with Crippen LogP contribution in [0, 0.1) is 5.92 Å². The van der Waals surface area contributed by atoms with Gasteiger partial charge in [-0.2, -0.15) is 13.2 Å². The molecular formula is C27H32ClF3N4O3. The van der Waals surface area contributed by atoms with E-state index in [9.17, 15) is 22.8 Å². The predicted molar refractivity (Wildman–Crippen MR) is 139 cm³/mol. The van der Waals surface area contributed by atoms with Crippen molar-refractivity contribution in [2.45, 2.75) is 44.4 Å².